The number of carbonyl (C=O) groups excluding carboxylic acids is 1. The molecule has 0 radical (unpaired) electrons. The summed E-state index contributed by atoms with van der Waals surface area (Å²) in [7, 11) is 1.59. The Bertz CT molecular complexity index is 2320. The summed E-state index contributed by atoms with van der Waals surface area (Å²) in [6.45, 7) is 3.06. The van der Waals surface area contributed by atoms with E-state index in [1.165, 1.54) is 23.0 Å². The molecule has 1 N–H and O–H groups in total. The van der Waals surface area contributed by atoms with Gasteiger partial charge in [0, 0.05) is 84.4 Å². The highest BCUT2D eigenvalue weighted by atomic mass is 32.1. The highest BCUT2D eigenvalue weighted by Gasteiger charge is 2.41. The van der Waals surface area contributed by atoms with Crippen LogP contribution in [-0.4, -0.2) is 83.8 Å². The maximum Gasteiger partial charge on any atom is 0.263 e. The first-order valence-electron chi connectivity index (χ1n) is 18.4. The van der Waals surface area contributed by atoms with Gasteiger partial charge in [0.1, 0.15) is 11.3 Å². The molecule has 284 valence electrons. The number of thiazole rings is 1. The zero-order valence-electron chi connectivity index (χ0n) is 30.3. The molecule has 2 fully saturated rings. The normalized spacial score (nSPS) is 18.9. The number of nitrogens with zero attached hydrogens (tertiary/aromatic N) is 7. The highest BCUT2D eigenvalue weighted by molar-refractivity contribution is 7.15. The summed E-state index contributed by atoms with van der Waals surface area (Å²) in [5.74, 6) is 0.471. The van der Waals surface area contributed by atoms with Gasteiger partial charge in [-0.05, 0) is 55.6 Å². The summed E-state index contributed by atoms with van der Waals surface area (Å²) in [6, 6.07) is 21.5. The summed E-state index contributed by atoms with van der Waals surface area (Å²) in [4.78, 5) is 46.7. The van der Waals surface area contributed by atoms with E-state index < -0.39 is 12.0 Å². The second-order valence-electron chi connectivity index (χ2n) is 14.4. The van der Waals surface area contributed by atoms with E-state index in [0.717, 1.165) is 40.6 Å². The van der Waals surface area contributed by atoms with E-state index in [0.29, 0.717) is 55.0 Å². The molecule has 55 heavy (non-hydrogen) atoms. The molecular formula is C41H41F2N7O4S. The predicted molar refractivity (Wildman–Crippen MR) is 206 cm³/mol. The van der Waals surface area contributed by atoms with Crippen LogP contribution in [0.5, 0.6) is 5.88 Å². The molecule has 0 unspecified atom stereocenters. The van der Waals surface area contributed by atoms with Crippen molar-refractivity contribution >= 4 is 28.3 Å². The number of hydrogen-bond acceptors (Lipinski definition) is 9. The zero-order valence-corrected chi connectivity index (χ0v) is 31.1. The molecule has 6 heterocycles. The minimum atomic E-state index is -2.57. The van der Waals surface area contributed by atoms with Gasteiger partial charge in [-0.3, -0.25) is 19.1 Å². The van der Waals surface area contributed by atoms with Crippen LogP contribution in [0, 0.1) is 5.92 Å². The lowest BCUT2D eigenvalue weighted by molar-refractivity contribution is -0.142. The van der Waals surface area contributed by atoms with E-state index in [2.05, 4.69) is 32.0 Å². The van der Waals surface area contributed by atoms with Crippen LogP contribution in [0.15, 0.2) is 103 Å². The molecular weight excluding hydrogens is 725 g/mol. The maximum atomic E-state index is 14.2. The van der Waals surface area contributed by atoms with Gasteiger partial charge >= 0.3 is 0 Å². The van der Waals surface area contributed by atoms with Gasteiger partial charge in [0.25, 0.3) is 12.0 Å². The molecule has 2 atom stereocenters. The zero-order chi connectivity index (χ0) is 38.1. The first-order valence-corrected chi connectivity index (χ1v) is 19.2. The van der Waals surface area contributed by atoms with E-state index in [1.807, 2.05) is 41.4 Å². The number of aromatic nitrogens is 5. The largest absolute Gasteiger partial charge is 0.481 e. The molecule has 14 heteroatoms. The fourth-order valence-electron chi connectivity index (χ4n) is 7.87. The van der Waals surface area contributed by atoms with Crippen LogP contribution in [-0.2, 0) is 17.9 Å². The van der Waals surface area contributed by atoms with Crippen molar-refractivity contribution in [2.75, 3.05) is 33.3 Å². The first-order chi connectivity index (χ1) is 26.7. The SMILES string of the molecule is COc1ccc(-c2ncc(CN3CC[C@@H](C(=O)N4CCC(O)(Cn5cnc6c(ccn6-c6ccc(C(F)F)cc6)c5=O)CC4)[C@H](c4ccccc4)C3)s2)cn1. The Hall–Kier alpha value is -5.31. The Balaban J connectivity index is 0.917. The van der Waals surface area contributed by atoms with Crippen LogP contribution >= 0.6 is 11.3 Å². The van der Waals surface area contributed by atoms with Crippen LogP contribution in [0.1, 0.15) is 47.6 Å². The summed E-state index contributed by atoms with van der Waals surface area (Å²) in [5, 5.41) is 12.9. The molecule has 6 aromatic rings. The van der Waals surface area contributed by atoms with Gasteiger partial charge in [-0.15, -0.1) is 11.3 Å². The average Bonchev–Trinajstić information content (AvgIpc) is 3.87. The van der Waals surface area contributed by atoms with Gasteiger partial charge in [-0.1, -0.05) is 42.5 Å². The van der Waals surface area contributed by atoms with Crippen LogP contribution in [0.4, 0.5) is 8.78 Å². The van der Waals surface area contributed by atoms with E-state index in [1.54, 1.807) is 53.6 Å². The number of likely N-dealkylation sites (tertiary alicyclic amines) is 2. The Labute approximate surface area is 320 Å². The van der Waals surface area contributed by atoms with Crippen molar-refractivity contribution < 1.29 is 23.4 Å². The third-order valence-corrected chi connectivity index (χ3v) is 12.0. The Morgan fingerprint density at radius 2 is 1.76 bits per heavy atom. The van der Waals surface area contributed by atoms with Gasteiger partial charge in [0.05, 0.1) is 24.6 Å². The smallest absolute Gasteiger partial charge is 0.263 e. The minimum absolute atomic E-state index is 0.00682. The fourth-order valence-corrected chi connectivity index (χ4v) is 8.81. The van der Waals surface area contributed by atoms with Crippen molar-refractivity contribution in [1.29, 1.82) is 0 Å². The van der Waals surface area contributed by atoms with Crippen molar-refractivity contribution in [3.63, 3.8) is 0 Å². The molecule has 0 saturated carbocycles. The van der Waals surface area contributed by atoms with Crippen LogP contribution < -0.4 is 10.3 Å². The molecule has 2 aromatic carbocycles. The van der Waals surface area contributed by atoms with Crippen LogP contribution in [0.25, 0.3) is 27.3 Å². The summed E-state index contributed by atoms with van der Waals surface area (Å²) < 4.78 is 34.4. The molecule has 8 rings (SSSR count). The highest BCUT2D eigenvalue weighted by Crippen LogP contribution is 2.37. The quantitative estimate of drug-likeness (QED) is 0.173. The third kappa shape index (κ3) is 7.66. The summed E-state index contributed by atoms with van der Waals surface area (Å²) in [6.07, 6.45) is 5.60. The number of halogens is 2. The molecule has 2 saturated heterocycles. The molecule has 1 amide bonds. The Kier molecular flexibility index (Phi) is 10.3. The van der Waals surface area contributed by atoms with Crippen LogP contribution in [0.2, 0.25) is 0 Å². The van der Waals surface area contributed by atoms with E-state index in [-0.39, 0.29) is 35.4 Å². The number of ether oxygens (including phenoxy) is 1. The molecule has 0 aliphatic carbocycles. The monoisotopic (exact) mass is 765 g/mol. The molecule has 11 nitrogen and oxygen atoms in total. The molecule has 4 aromatic heterocycles. The van der Waals surface area contributed by atoms with Crippen molar-refractivity contribution in [2.24, 2.45) is 5.92 Å². The molecule has 0 bridgehead atoms. The van der Waals surface area contributed by atoms with Gasteiger partial charge in [-0.2, -0.15) is 0 Å². The predicted octanol–water partition coefficient (Wildman–Crippen LogP) is 6.31. The molecule has 2 aliphatic heterocycles. The van der Waals surface area contributed by atoms with Crippen molar-refractivity contribution in [3.05, 3.63) is 124 Å². The number of aliphatic hydroxyl groups is 1. The lowest BCUT2D eigenvalue weighted by atomic mass is 9.79. The number of carbonyl (C=O) groups is 1. The second-order valence-corrected chi connectivity index (χ2v) is 15.5. The minimum Gasteiger partial charge on any atom is -0.481 e. The number of benzene rings is 2. The lowest BCUT2D eigenvalue weighted by Gasteiger charge is -2.43. The first kappa shape index (κ1) is 36.7. The molecule has 0 spiro atoms. The number of fused-ring (bicyclic) bond motifs is 1. The number of alkyl halides is 2. The second kappa shape index (κ2) is 15.4. The average molecular weight is 766 g/mol. The number of pyridine rings is 1. The van der Waals surface area contributed by atoms with Gasteiger partial charge in [0.2, 0.25) is 11.8 Å². The number of rotatable bonds is 10. The van der Waals surface area contributed by atoms with E-state index in [4.69, 9.17) is 4.74 Å². The van der Waals surface area contributed by atoms with Crippen molar-refractivity contribution in [2.45, 2.75) is 50.3 Å². The van der Waals surface area contributed by atoms with Crippen LogP contribution in [0.3, 0.4) is 0 Å². The Morgan fingerprint density at radius 3 is 2.47 bits per heavy atom. The standard InChI is InChI=1S/C41H41F2N7O4S/c1-54-35-12-9-29(21-44-35)38-45-22-31(55-38)23-47-17-13-32(34(24-47)27-5-3-2-4-6-27)39(51)48-19-15-41(53,16-20-48)25-49-26-46-37-33(40(49)52)14-18-50(37)30-10-7-28(8-11-30)36(42)43/h2-12,14,18,21-22,26,32,34,36,53H,13,15-17,19-20,23-25H2,1H3/t32-,34+/m1/s1. The van der Waals surface area contributed by atoms with E-state index >= 15 is 0 Å². The number of methoxy groups -OCH3 is 1. The van der Waals surface area contributed by atoms with Gasteiger partial charge in [-0.25, -0.2) is 23.7 Å². The maximum absolute atomic E-state index is 14.2. The lowest BCUT2D eigenvalue weighted by Crippen LogP contribution is -2.53. The summed E-state index contributed by atoms with van der Waals surface area (Å²) in [5.41, 5.74) is 1.51. The third-order valence-electron chi connectivity index (χ3n) is 10.9. The van der Waals surface area contributed by atoms with Crippen molar-refractivity contribution in [1.82, 2.24) is 33.9 Å². The fraction of sp³-hybridized carbons (Fsp3) is 0.341. The molecule has 2 aliphatic rings. The van der Waals surface area contributed by atoms with Crippen molar-refractivity contribution in [3.8, 4) is 22.1 Å². The Morgan fingerprint density at radius 1 is 0.982 bits per heavy atom. The number of amides is 1. The number of hydrogen-bond donors (Lipinski definition) is 1. The summed E-state index contributed by atoms with van der Waals surface area (Å²) >= 11 is 1.64. The topological polar surface area (TPSA) is 119 Å². The van der Waals surface area contributed by atoms with Gasteiger partial charge in [0.15, 0.2) is 5.65 Å². The number of piperidine rings is 2. The van der Waals surface area contributed by atoms with Gasteiger partial charge < -0.3 is 19.3 Å². The van der Waals surface area contributed by atoms with E-state index in [9.17, 15) is 23.5 Å².